The highest BCUT2D eigenvalue weighted by Crippen LogP contribution is 2.17. The van der Waals surface area contributed by atoms with Gasteiger partial charge >= 0.3 is 17.9 Å². The van der Waals surface area contributed by atoms with E-state index in [1.165, 1.54) is 244 Å². The standard InChI is InChI=1S/C63H118O6/c1-4-7-10-13-16-19-22-25-27-29-31-33-35-38-41-44-47-50-53-56-62(65)68-59-60(58-67-61(64)55-52-49-46-43-40-37-24-21-18-15-12-9-6-3)69-63(66)57-54-51-48-45-42-39-36-34-32-30-28-26-23-20-17-14-11-8-5-2/h25-28,60H,4-24,29-59H2,1-3H3/b27-25-,28-26-. The van der Waals surface area contributed by atoms with Crippen LogP contribution in [-0.4, -0.2) is 37.2 Å². The van der Waals surface area contributed by atoms with Crippen molar-refractivity contribution >= 4 is 17.9 Å². The molecule has 0 fully saturated rings. The van der Waals surface area contributed by atoms with Crippen molar-refractivity contribution in [3.8, 4) is 0 Å². The summed E-state index contributed by atoms with van der Waals surface area (Å²) in [6.07, 6.45) is 68.9. The van der Waals surface area contributed by atoms with Gasteiger partial charge < -0.3 is 14.2 Å². The number of unbranched alkanes of at least 4 members (excludes halogenated alkanes) is 42. The molecular weight excluding hydrogens is 853 g/mol. The van der Waals surface area contributed by atoms with Gasteiger partial charge in [0.1, 0.15) is 13.2 Å². The zero-order valence-corrected chi connectivity index (χ0v) is 46.6. The van der Waals surface area contributed by atoms with Crippen LogP contribution >= 0.6 is 0 Å². The lowest BCUT2D eigenvalue weighted by Crippen LogP contribution is -2.30. The Morgan fingerprint density at radius 2 is 0.478 bits per heavy atom. The maximum Gasteiger partial charge on any atom is 0.306 e. The molecule has 0 aromatic heterocycles. The number of carbonyl (C=O) groups is 3. The maximum atomic E-state index is 12.9. The molecule has 0 heterocycles. The van der Waals surface area contributed by atoms with Gasteiger partial charge in [0.25, 0.3) is 0 Å². The summed E-state index contributed by atoms with van der Waals surface area (Å²) in [5, 5.41) is 0. The third kappa shape index (κ3) is 56.7. The van der Waals surface area contributed by atoms with Gasteiger partial charge in [-0.1, -0.05) is 276 Å². The molecule has 69 heavy (non-hydrogen) atoms. The van der Waals surface area contributed by atoms with Gasteiger partial charge in [0.05, 0.1) is 0 Å². The van der Waals surface area contributed by atoms with Gasteiger partial charge in [-0.25, -0.2) is 0 Å². The molecule has 6 heteroatoms. The molecule has 0 rings (SSSR count). The Balaban J connectivity index is 4.30. The summed E-state index contributed by atoms with van der Waals surface area (Å²) in [6.45, 7) is 6.68. The summed E-state index contributed by atoms with van der Waals surface area (Å²) in [6, 6.07) is 0. The first-order chi connectivity index (χ1) is 34.0. The molecule has 406 valence electrons. The minimum absolute atomic E-state index is 0.0677. The number of allylic oxidation sites excluding steroid dienone is 4. The maximum absolute atomic E-state index is 12.9. The van der Waals surface area contributed by atoms with Crippen LogP contribution in [0.25, 0.3) is 0 Å². The summed E-state index contributed by atoms with van der Waals surface area (Å²) >= 11 is 0. The van der Waals surface area contributed by atoms with E-state index in [-0.39, 0.29) is 31.1 Å². The highest BCUT2D eigenvalue weighted by Gasteiger charge is 2.19. The van der Waals surface area contributed by atoms with Gasteiger partial charge in [0.15, 0.2) is 6.10 Å². The van der Waals surface area contributed by atoms with Crippen LogP contribution in [0.4, 0.5) is 0 Å². The largest absolute Gasteiger partial charge is 0.462 e. The third-order valence-electron chi connectivity index (χ3n) is 13.9. The minimum atomic E-state index is -0.769. The Bertz CT molecular complexity index is 1110. The molecule has 6 nitrogen and oxygen atoms in total. The zero-order valence-electron chi connectivity index (χ0n) is 46.6. The van der Waals surface area contributed by atoms with Crippen LogP contribution in [0.1, 0.15) is 342 Å². The van der Waals surface area contributed by atoms with E-state index in [0.29, 0.717) is 19.3 Å². The smallest absolute Gasteiger partial charge is 0.306 e. The molecule has 0 bridgehead atoms. The van der Waals surface area contributed by atoms with E-state index in [2.05, 4.69) is 45.1 Å². The molecule has 0 aliphatic carbocycles. The van der Waals surface area contributed by atoms with Crippen molar-refractivity contribution in [3.63, 3.8) is 0 Å². The molecule has 0 saturated carbocycles. The molecule has 0 N–H and O–H groups in total. The number of ether oxygens (including phenoxy) is 3. The predicted molar refractivity (Wildman–Crippen MR) is 298 cm³/mol. The van der Waals surface area contributed by atoms with Crippen LogP contribution in [0.2, 0.25) is 0 Å². The summed E-state index contributed by atoms with van der Waals surface area (Å²) in [5.74, 6) is -0.849. The Kier molecular flexibility index (Phi) is 56.7. The summed E-state index contributed by atoms with van der Waals surface area (Å²) in [4.78, 5) is 38.2. The molecule has 1 unspecified atom stereocenters. The van der Waals surface area contributed by atoms with Gasteiger partial charge in [-0.05, 0) is 70.6 Å². The van der Waals surface area contributed by atoms with E-state index < -0.39 is 6.10 Å². The average molecular weight is 972 g/mol. The molecule has 0 amide bonds. The fraction of sp³-hybridized carbons (Fsp3) is 0.889. The van der Waals surface area contributed by atoms with Crippen LogP contribution in [0, 0.1) is 0 Å². The van der Waals surface area contributed by atoms with Crippen LogP contribution in [0.5, 0.6) is 0 Å². The second-order valence-electron chi connectivity index (χ2n) is 21.0. The molecule has 0 radical (unpaired) electrons. The van der Waals surface area contributed by atoms with Crippen LogP contribution in [0.3, 0.4) is 0 Å². The van der Waals surface area contributed by atoms with Crippen molar-refractivity contribution in [2.75, 3.05) is 13.2 Å². The van der Waals surface area contributed by atoms with Gasteiger partial charge in [-0.2, -0.15) is 0 Å². The fourth-order valence-corrected chi connectivity index (χ4v) is 9.26. The quantitative estimate of drug-likeness (QED) is 0.0261. The van der Waals surface area contributed by atoms with Crippen molar-refractivity contribution in [1.82, 2.24) is 0 Å². The van der Waals surface area contributed by atoms with Crippen molar-refractivity contribution in [2.24, 2.45) is 0 Å². The molecule has 0 aromatic rings. The van der Waals surface area contributed by atoms with Crippen LogP contribution < -0.4 is 0 Å². The molecule has 1 atom stereocenters. The van der Waals surface area contributed by atoms with Crippen molar-refractivity contribution in [3.05, 3.63) is 24.3 Å². The number of hydrogen-bond donors (Lipinski definition) is 0. The number of esters is 3. The lowest BCUT2D eigenvalue weighted by Gasteiger charge is -2.18. The van der Waals surface area contributed by atoms with Gasteiger partial charge in [0.2, 0.25) is 0 Å². The predicted octanol–water partition coefficient (Wildman–Crippen LogP) is 20.7. The van der Waals surface area contributed by atoms with E-state index in [0.717, 1.165) is 57.8 Å². The highest BCUT2D eigenvalue weighted by molar-refractivity contribution is 5.71. The average Bonchev–Trinajstić information content (AvgIpc) is 3.35. The van der Waals surface area contributed by atoms with Crippen molar-refractivity contribution in [2.45, 2.75) is 348 Å². The van der Waals surface area contributed by atoms with Crippen LogP contribution in [0.15, 0.2) is 24.3 Å². The van der Waals surface area contributed by atoms with Gasteiger partial charge in [0, 0.05) is 19.3 Å². The molecule has 0 aliphatic heterocycles. The minimum Gasteiger partial charge on any atom is -0.462 e. The summed E-state index contributed by atoms with van der Waals surface area (Å²) in [7, 11) is 0. The monoisotopic (exact) mass is 971 g/mol. The Morgan fingerprint density at radius 1 is 0.275 bits per heavy atom. The van der Waals surface area contributed by atoms with E-state index >= 15 is 0 Å². The van der Waals surface area contributed by atoms with Gasteiger partial charge in [-0.3, -0.25) is 14.4 Å². The number of hydrogen-bond acceptors (Lipinski definition) is 6. The van der Waals surface area contributed by atoms with Gasteiger partial charge in [-0.15, -0.1) is 0 Å². The van der Waals surface area contributed by atoms with E-state index in [9.17, 15) is 14.4 Å². The summed E-state index contributed by atoms with van der Waals surface area (Å²) < 4.78 is 16.9. The Morgan fingerprint density at radius 3 is 0.725 bits per heavy atom. The lowest BCUT2D eigenvalue weighted by molar-refractivity contribution is -0.167. The fourth-order valence-electron chi connectivity index (χ4n) is 9.26. The molecule has 0 aliphatic rings. The highest BCUT2D eigenvalue weighted by atomic mass is 16.6. The van der Waals surface area contributed by atoms with E-state index in [4.69, 9.17) is 14.2 Å². The third-order valence-corrected chi connectivity index (χ3v) is 13.9. The number of rotatable bonds is 57. The number of carbonyl (C=O) groups excluding carboxylic acids is 3. The second kappa shape index (κ2) is 58.5. The van der Waals surface area contributed by atoms with E-state index in [1.54, 1.807) is 0 Å². The first-order valence-electron chi connectivity index (χ1n) is 30.8. The zero-order chi connectivity index (χ0) is 50.0. The SMILES string of the molecule is CCCCCCCC/C=C\CCCCCCCCCCCC(=O)OCC(COC(=O)CCCCCCCCCCCCCCC)OC(=O)CCCCCCCCCCC/C=C\CCCCCCCC. The lowest BCUT2D eigenvalue weighted by atomic mass is 10.0. The summed E-state index contributed by atoms with van der Waals surface area (Å²) in [5.41, 5.74) is 0. The first kappa shape index (κ1) is 66.9. The molecular formula is C63H118O6. The molecule has 0 saturated heterocycles. The molecule has 0 aromatic carbocycles. The first-order valence-corrected chi connectivity index (χ1v) is 30.8. The van der Waals surface area contributed by atoms with Crippen molar-refractivity contribution < 1.29 is 28.6 Å². The molecule has 0 spiro atoms. The second-order valence-corrected chi connectivity index (χ2v) is 21.0. The van der Waals surface area contributed by atoms with E-state index in [1.807, 2.05) is 0 Å². The normalized spacial score (nSPS) is 12.1. The Labute approximate surface area is 430 Å². The topological polar surface area (TPSA) is 78.9 Å². The van der Waals surface area contributed by atoms with Crippen molar-refractivity contribution in [1.29, 1.82) is 0 Å². The van der Waals surface area contributed by atoms with Crippen LogP contribution in [-0.2, 0) is 28.6 Å². The Hall–Kier alpha value is -2.11.